The van der Waals surface area contributed by atoms with Gasteiger partial charge in [0.2, 0.25) is 5.91 Å². The number of carbonyl (C=O) groups excluding carboxylic acids is 2. The fraction of sp³-hybridized carbons (Fsp3) is 0.0400. The van der Waals surface area contributed by atoms with Gasteiger partial charge in [-0.1, -0.05) is 53.2 Å². The van der Waals surface area contributed by atoms with E-state index in [9.17, 15) is 14.0 Å². The fourth-order valence-electron chi connectivity index (χ4n) is 3.15. The Hall–Kier alpha value is -3.64. The number of hydrogen-bond donors (Lipinski definition) is 1. The Morgan fingerprint density at radius 2 is 1.86 bits per heavy atom. The molecule has 0 saturated heterocycles. The molecule has 3 aromatic carbocycles. The maximum Gasteiger partial charge on any atom is 0.283 e. The molecule has 0 radical (unpaired) electrons. The third kappa shape index (κ3) is 5.72. The molecule has 2 amide bonds. The summed E-state index contributed by atoms with van der Waals surface area (Å²) in [5.41, 5.74) is 1.66. The summed E-state index contributed by atoms with van der Waals surface area (Å²) in [6.07, 6.45) is 1.52. The van der Waals surface area contributed by atoms with Crippen LogP contribution in [0.3, 0.4) is 0 Å². The number of halogens is 3. The summed E-state index contributed by atoms with van der Waals surface area (Å²) in [4.78, 5) is 31.2. The second-order valence-corrected chi connectivity index (χ2v) is 8.97. The van der Waals surface area contributed by atoms with E-state index in [0.29, 0.717) is 26.9 Å². The lowest BCUT2D eigenvalue weighted by molar-refractivity contribution is -0.114. The maximum atomic E-state index is 14.6. The Balaban J connectivity index is 1.58. The second-order valence-electron chi connectivity index (χ2n) is 7.22. The number of nitrogens with one attached hydrogen (secondary N) is 1. The first-order chi connectivity index (χ1) is 16.9. The second kappa shape index (κ2) is 10.7. The molecule has 1 heterocycles. The van der Waals surface area contributed by atoms with Crippen LogP contribution in [0.15, 0.2) is 77.4 Å². The lowest BCUT2D eigenvalue weighted by Crippen LogP contribution is -2.32. The van der Waals surface area contributed by atoms with Crippen LogP contribution in [0.2, 0.25) is 10.0 Å². The van der Waals surface area contributed by atoms with Gasteiger partial charge in [-0.3, -0.25) is 14.5 Å². The van der Waals surface area contributed by atoms with E-state index in [1.165, 1.54) is 24.3 Å². The Morgan fingerprint density at radius 1 is 1.11 bits per heavy atom. The van der Waals surface area contributed by atoms with Crippen LogP contribution in [-0.2, 0) is 9.59 Å². The van der Waals surface area contributed by atoms with E-state index in [-0.39, 0.29) is 28.2 Å². The van der Waals surface area contributed by atoms with Gasteiger partial charge in [-0.05, 0) is 60.2 Å². The number of anilines is 2. The van der Waals surface area contributed by atoms with Crippen LogP contribution in [0.4, 0.5) is 15.8 Å². The van der Waals surface area contributed by atoms with Crippen molar-refractivity contribution in [3.8, 4) is 6.07 Å². The molecule has 0 fully saturated rings. The summed E-state index contributed by atoms with van der Waals surface area (Å²) < 4.78 is 14.6. The van der Waals surface area contributed by atoms with Crippen LogP contribution in [0.1, 0.15) is 11.1 Å². The molecule has 0 aromatic heterocycles. The maximum absolute atomic E-state index is 14.6. The number of rotatable bonds is 5. The van der Waals surface area contributed by atoms with E-state index >= 15 is 0 Å². The quantitative estimate of drug-likeness (QED) is 0.407. The molecule has 174 valence electrons. The number of hydrogen-bond acceptors (Lipinski definition) is 5. The highest BCUT2D eigenvalue weighted by Gasteiger charge is 2.34. The van der Waals surface area contributed by atoms with Gasteiger partial charge < -0.3 is 5.32 Å². The van der Waals surface area contributed by atoms with E-state index in [2.05, 4.69) is 10.3 Å². The van der Waals surface area contributed by atoms with Gasteiger partial charge in [0.15, 0.2) is 5.17 Å². The minimum atomic E-state index is -0.605. The summed E-state index contributed by atoms with van der Waals surface area (Å²) in [7, 11) is 0. The summed E-state index contributed by atoms with van der Waals surface area (Å²) in [5, 5.41) is 12.4. The SMILES string of the molecule is N#Cc1ccc(NC(=O)CSC2=NC(=Cc3ccc(Cl)c(Cl)c3)C(=O)N2c2ccccc2F)cc1. The third-order valence-electron chi connectivity index (χ3n) is 4.80. The number of nitrogens with zero attached hydrogens (tertiary/aromatic N) is 3. The zero-order valence-corrected chi connectivity index (χ0v) is 20.2. The molecule has 0 spiro atoms. The molecule has 4 rings (SSSR count). The van der Waals surface area contributed by atoms with Crippen LogP contribution in [-0.4, -0.2) is 22.7 Å². The smallest absolute Gasteiger partial charge is 0.283 e. The molecule has 1 N–H and O–H groups in total. The monoisotopic (exact) mass is 524 g/mol. The van der Waals surface area contributed by atoms with Crippen molar-refractivity contribution < 1.29 is 14.0 Å². The number of aliphatic imine (C=N–C) groups is 1. The van der Waals surface area contributed by atoms with Crippen molar-refractivity contribution >= 4 is 69.4 Å². The molecule has 0 atom stereocenters. The standard InChI is InChI=1S/C25H15Cl2FN4O2S/c26-18-10-7-16(11-19(18)27)12-21-24(34)32(22-4-2-1-3-20(22)28)25(31-21)35-14-23(33)30-17-8-5-15(13-29)6-9-17/h1-12H,14H2,(H,30,33). The summed E-state index contributed by atoms with van der Waals surface area (Å²) in [6, 6.07) is 19.1. The fourth-order valence-corrected chi connectivity index (χ4v) is 4.27. The molecule has 0 saturated carbocycles. The Kier molecular flexibility index (Phi) is 7.51. The van der Waals surface area contributed by atoms with Crippen LogP contribution < -0.4 is 10.2 Å². The largest absolute Gasteiger partial charge is 0.325 e. The van der Waals surface area contributed by atoms with E-state index in [0.717, 1.165) is 16.7 Å². The molecule has 1 aliphatic rings. The van der Waals surface area contributed by atoms with Gasteiger partial charge in [0, 0.05) is 5.69 Å². The molecule has 35 heavy (non-hydrogen) atoms. The van der Waals surface area contributed by atoms with Gasteiger partial charge in [0.1, 0.15) is 11.5 Å². The van der Waals surface area contributed by atoms with E-state index < -0.39 is 11.7 Å². The van der Waals surface area contributed by atoms with E-state index in [1.807, 2.05) is 6.07 Å². The average Bonchev–Trinajstić information content (AvgIpc) is 3.15. The predicted molar refractivity (Wildman–Crippen MR) is 138 cm³/mol. The van der Waals surface area contributed by atoms with Crippen LogP contribution in [0.25, 0.3) is 6.08 Å². The summed E-state index contributed by atoms with van der Waals surface area (Å²) in [6.45, 7) is 0. The minimum Gasteiger partial charge on any atom is -0.325 e. The molecule has 3 aromatic rings. The molecule has 1 aliphatic heterocycles. The van der Waals surface area contributed by atoms with Gasteiger partial charge in [0.05, 0.1) is 33.1 Å². The van der Waals surface area contributed by atoms with Crippen molar-refractivity contribution in [1.29, 1.82) is 5.26 Å². The number of benzene rings is 3. The number of amidine groups is 1. The average molecular weight is 525 g/mol. The molecule has 0 aliphatic carbocycles. The van der Waals surface area contributed by atoms with Gasteiger partial charge >= 0.3 is 0 Å². The molecule has 10 heteroatoms. The zero-order valence-electron chi connectivity index (χ0n) is 17.8. The molecule has 0 unspecified atom stereocenters. The number of thioether (sulfide) groups is 1. The van der Waals surface area contributed by atoms with Crippen molar-refractivity contribution in [3.63, 3.8) is 0 Å². The van der Waals surface area contributed by atoms with Crippen molar-refractivity contribution in [2.24, 2.45) is 4.99 Å². The van der Waals surface area contributed by atoms with Crippen LogP contribution >= 0.6 is 35.0 Å². The first kappa shape index (κ1) is 24.5. The number of amides is 2. The first-order valence-corrected chi connectivity index (χ1v) is 11.9. The highest BCUT2D eigenvalue weighted by molar-refractivity contribution is 8.14. The van der Waals surface area contributed by atoms with Crippen molar-refractivity contribution in [1.82, 2.24) is 0 Å². The van der Waals surface area contributed by atoms with Gasteiger partial charge in [-0.2, -0.15) is 5.26 Å². The van der Waals surface area contributed by atoms with E-state index in [1.54, 1.807) is 48.5 Å². The highest BCUT2D eigenvalue weighted by atomic mass is 35.5. The molecule has 6 nitrogen and oxygen atoms in total. The van der Waals surface area contributed by atoms with Gasteiger partial charge in [0.25, 0.3) is 5.91 Å². The van der Waals surface area contributed by atoms with Crippen LogP contribution in [0.5, 0.6) is 0 Å². The predicted octanol–water partition coefficient (Wildman–Crippen LogP) is 6.12. The lowest BCUT2D eigenvalue weighted by Gasteiger charge is -2.18. The van der Waals surface area contributed by atoms with Gasteiger partial charge in [-0.15, -0.1) is 0 Å². The number of nitriles is 1. The van der Waals surface area contributed by atoms with Gasteiger partial charge in [-0.25, -0.2) is 9.38 Å². The van der Waals surface area contributed by atoms with E-state index in [4.69, 9.17) is 28.5 Å². The minimum absolute atomic E-state index is 0.0220. The highest BCUT2D eigenvalue weighted by Crippen LogP contribution is 2.32. The van der Waals surface area contributed by atoms with Crippen LogP contribution in [0, 0.1) is 17.1 Å². The zero-order chi connectivity index (χ0) is 24.9. The Labute approximate surface area is 214 Å². The molecular formula is C25H15Cl2FN4O2S. The third-order valence-corrected chi connectivity index (χ3v) is 6.48. The number of carbonyl (C=O) groups is 2. The summed E-state index contributed by atoms with van der Waals surface area (Å²) >= 11 is 13.0. The first-order valence-electron chi connectivity index (χ1n) is 10.1. The molecular weight excluding hydrogens is 510 g/mol. The topological polar surface area (TPSA) is 85.6 Å². The Morgan fingerprint density at radius 3 is 2.54 bits per heavy atom. The number of para-hydroxylation sites is 1. The van der Waals surface area contributed by atoms with Crippen molar-refractivity contribution in [3.05, 3.63) is 99.4 Å². The Bertz CT molecular complexity index is 1420. The van der Waals surface area contributed by atoms with Crippen molar-refractivity contribution in [2.75, 3.05) is 16.0 Å². The normalized spacial score (nSPS) is 14.1. The summed E-state index contributed by atoms with van der Waals surface area (Å²) in [5.74, 6) is -1.59. The van der Waals surface area contributed by atoms with Crippen molar-refractivity contribution in [2.45, 2.75) is 0 Å². The molecule has 0 bridgehead atoms. The lowest BCUT2D eigenvalue weighted by atomic mass is 10.2.